The van der Waals surface area contributed by atoms with Crippen LogP contribution in [0.2, 0.25) is 0 Å². The third kappa shape index (κ3) is 2.45. The summed E-state index contributed by atoms with van der Waals surface area (Å²) in [4.78, 5) is 13.0. The molecular weight excluding hydrogens is 252 g/mol. The van der Waals surface area contributed by atoms with Gasteiger partial charge in [-0.05, 0) is 32.4 Å². The molecule has 0 aromatic carbocycles. The highest BCUT2D eigenvalue weighted by Gasteiger charge is 2.07. The van der Waals surface area contributed by atoms with E-state index in [9.17, 15) is 0 Å². The highest BCUT2D eigenvalue weighted by Crippen LogP contribution is 2.11. The van der Waals surface area contributed by atoms with Crippen molar-refractivity contribution >= 4 is 11.6 Å². The van der Waals surface area contributed by atoms with Gasteiger partial charge in [0, 0.05) is 24.5 Å². The predicted molar refractivity (Wildman–Crippen MR) is 76.6 cm³/mol. The number of anilines is 1. The molecule has 6 heteroatoms. The van der Waals surface area contributed by atoms with Crippen LogP contribution < -0.4 is 5.32 Å². The largest absolute Gasteiger partial charge is 0.350 e. The number of aryl methyl sites for hydroxylation is 3. The van der Waals surface area contributed by atoms with Crippen LogP contribution in [0.25, 0.3) is 5.65 Å². The van der Waals surface area contributed by atoms with Gasteiger partial charge in [0.1, 0.15) is 5.82 Å². The molecule has 6 nitrogen and oxygen atoms in total. The summed E-state index contributed by atoms with van der Waals surface area (Å²) in [6, 6.07) is 5.98. The molecule has 0 fully saturated rings. The molecule has 0 aliphatic heterocycles. The van der Waals surface area contributed by atoms with E-state index in [-0.39, 0.29) is 0 Å². The van der Waals surface area contributed by atoms with Crippen LogP contribution in [-0.4, -0.2) is 24.6 Å². The smallest absolute Gasteiger partial charge is 0.227 e. The van der Waals surface area contributed by atoms with Crippen LogP contribution in [0.1, 0.15) is 22.8 Å². The molecule has 3 aromatic heterocycles. The Morgan fingerprint density at radius 1 is 1.10 bits per heavy atom. The molecule has 0 amide bonds. The van der Waals surface area contributed by atoms with Gasteiger partial charge in [-0.1, -0.05) is 6.07 Å². The van der Waals surface area contributed by atoms with Crippen LogP contribution in [0.15, 0.2) is 24.4 Å². The summed E-state index contributed by atoms with van der Waals surface area (Å²) in [5.41, 5.74) is 3.84. The lowest BCUT2D eigenvalue weighted by Crippen LogP contribution is -2.09. The molecule has 0 bridgehead atoms. The standard InChI is InChI=1S/C14H16N6/c1-9-4-5-12(7-15-9)8-16-14-18-11(3)17-13-6-10(2)19-20(13)14/h4-7H,8H2,1-3H3,(H,16,17,18). The van der Waals surface area contributed by atoms with Crippen molar-refractivity contribution in [2.45, 2.75) is 27.3 Å². The van der Waals surface area contributed by atoms with Crippen LogP contribution in [0.4, 0.5) is 5.95 Å². The average molecular weight is 268 g/mol. The van der Waals surface area contributed by atoms with E-state index in [1.165, 1.54) is 0 Å². The molecule has 102 valence electrons. The van der Waals surface area contributed by atoms with Crippen molar-refractivity contribution < 1.29 is 0 Å². The van der Waals surface area contributed by atoms with Crippen LogP contribution in [0, 0.1) is 20.8 Å². The maximum absolute atomic E-state index is 4.41. The first-order chi connectivity index (χ1) is 9.61. The zero-order chi connectivity index (χ0) is 14.1. The van der Waals surface area contributed by atoms with Crippen molar-refractivity contribution in [1.29, 1.82) is 0 Å². The molecule has 1 N–H and O–H groups in total. The van der Waals surface area contributed by atoms with Crippen molar-refractivity contribution in [2.24, 2.45) is 0 Å². The van der Waals surface area contributed by atoms with E-state index in [2.05, 4.69) is 31.4 Å². The van der Waals surface area contributed by atoms with E-state index < -0.39 is 0 Å². The van der Waals surface area contributed by atoms with Crippen LogP contribution >= 0.6 is 0 Å². The van der Waals surface area contributed by atoms with E-state index in [4.69, 9.17) is 0 Å². The first-order valence-corrected chi connectivity index (χ1v) is 6.48. The van der Waals surface area contributed by atoms with Gasteiger partial charge in [0.25, 0.3) is 0 Å². The topological polar surface area (TPSA) is 68.0 Å². The van der Waals surface area contributed by atoms with Gasteiger partial charge in [0.2, 0.25) is 5.95 Å². The summed E-state index contributed by atoms with van der Waals surface area (Å²) in [5.74, 6) is 1.42. The minimum Gasteiger partial charge on any atom is -0.350 e. The predicted octanol–water partition coefficient (Wildman–Crippen LogP) is 2.06. The maximum Gasteiger partial charge on any atom is 0.227 e. The quantitative estimate of drug-likeness (QED) is 0.787. The Hall–Kier alpha value is -2.50. The second kappa shape index (κ2) is 4.88. The fourth-order valence-corrected chi connectivity index (χ4v) is 2.01. The minimum atomic E-state index is 0.651. The van der Waals surface area contributed by atoms with E-state index in [1.807, 2.05) is 39.1 Å². The van der Waals surface area contributed by atoms with Gasteiger partial charge in [-0.3, -0.25) is 4.98 Å². The Morgan fingerprint density at radius 3 is 2.70 bits per heavy atom. The maximum atomic E-state index is 4.41. The molecular formula is C14H16N6. The minimum absolute atomic E-state index is 0.651. The van der Waals surface area contributed by atoms with Gasteiger partial charge in [-0.25, -0.2) is 4.98 Å². The Kier molecular flexibility index (Phi) is 3.06. The molecule has 0 atom stereocenters. The zero-order valence-corrected chi connectivity index (χ0v) is 11.8. The second-order valence-corrected chi connectivity index (χ2v) is 4.81. The molecule has 20 heavy (non-hydrogen) atoms. The van der Waals surface area contributed by atoms with Gasteiger partial charge in [-0.15, -0.1) is 0 Å². The lowest BCUT2D eigenvalue weighted by Gasteiger charge is -2.08. The molecule has 0 aliphatic rings. The van der Waals surface area contributed by atoms with Crippen molar-refractivity contribution in [3.8, 4) is 0 Å². The van der Waals surface area contributed by atoms with Crippen molar-refractivity contribution in [2.75, 3.05) is 5.32 Å². The number of fused-ring (bicyclic) bond motifs is 1. The first-order valence-electron chi connectivity index (χ1n) is 6.48. The molecule has 0 saturated heterocycles. The highest BCUT2D eigenvalue weighted by atomic mass is 15.3. The monoisotopic (exact) mass is 268 g/mol. The Balaban J connectivity index is 1.88. The fourth-order valence-electron chi connectivity index (χ4n) is 2.01. The number of nitrogens with one attached hydrogen (secondary N) is 1. The molecule has 3 aromatic rings. The average Bonchev–Trinajstić information content (AvgIpc) is 2.78. The number of aromatic nitrogens is 5. The molecule has 0 aliphatic carbocycles. The first kappa shape index (κ1) is 12.5. The van der Waals surface area contributed by atoms with E-state index >= 15 is 0 Å². The van der Waals surface area contributed by atoms with Crippen molar-refractivity contribution in [3.63, 3.8) is 0 Å². The highest BCUT2D eigenvalue weighted by molar-refractivity contribution is 5.45. The van der Waals surface area contributed by atoms with E-state index in [0.29, 0.717) is 12.5 Å². The number of pyridine rings is 1. The number of rotatable bonds is 3. The summed E-state index contributed by atoms with van der Waals surface area (Å²) in [6.45, 7) is 6.44. The van der Waals surface area contributed by atoms with Crippen LogP contribution in [-0.2, 0) is 6.54 Å². The van der Waals surface area contributed by atoms with Crippen LogP contribution in [0.5, 0.6) is 0 Å². The third-order valence-electron chi connectivity index (χ3n) is 2.98. The fraction of sp³-hybridized carbons (Fsp3) is 0.286. The van der Waals surface area contributed by atoms with Crippen molar-refractivity contribution in [3.05, 3.63) is 47.2 Å². The Morgan fingerprint density at radius 2 is 1.95 bits per heavy atom. The molecule has 0 radical (unpaired) electrons. The van der Waals surface area contributed by atoms with Crippen LogP contribution in [0.3, 0.4) is 0 Å². The van der Waals surface area contributed by atoms with Gasteiger partial charge >= 0.3 is 0 Å². The summed E-state index contributed by atoms with van der Waals surface area (Å²) in [7, 11) is 0. The van der Waals surface area contributed by atoms with E-state index in [0.717, 1.165) is 28.4 Å². The number of hydrogen-bond acceptors (Lipinski definition) is 5. The summed E-state index contributed by atoms with van der Waals surface area (Å²) in [5, 5.41) is 7.68. The number of nitrogens with zero attached hydrogens (tertiary/aromatic N) is 5. The summed E-state index contributed by atoms with van der Waals surface area (Å²) in [6.07, 6.45) is 1.86. The van der Waals surface area contributed by atoms with E-state index in [1.54, 1.807) is 4.52 Å². The Labute approximate surface area is 116 Å². The second-order valence-electron chi connectivity index (χ2n) is 4.81. The third-order valence-corrected chi connectivity index (χ3v) is 2.98. The Bertz CT molecular complexity index is 744. The lowest BCUT2D eigenvalue weighted by molar-refractivity contribution is 0.850. The molecule has 3 rings (SSSR count). The molecule has 0 saturated carbocycles. The number of hydrogen-bond donors (Lipinski definition) is 1. The van der Waals surface area contributed by atoms with Crippen molar-refractivity contribution in [1.82, 2.24) is 24.6 Å². The summed E-state index contributed by atoms with van der Waals surface area (Å²) >= 11 is 0. The van der Waals surface area contributed by atoms with Gasteiger partial charge in [0.15, 0.2) is 5.65 Å². The van der Waals surface area contributed by atoms with Gasteiger partial charge in [0.05, 0.1) is 5.69 Å². The summed E-state index contributed by atoms with van der Waals surface area (Å²) < 4.78 is 1.73. The molecule has 0 spiro atoms. The molecule has 0 unspecified atom stereocenters. The van der Waals surface area contributed by atoms with Gasteiger partial charge < -0.3 is 5.32 Å². The molecule has 3 heterocycles. The van der Waals surface area contributed by atoms with Gasteiger partial charge in [-0.2, -0.15) is 14.6 Å². The normalized spacial score (nSPS) is 10.9. The SMILES string of the molecule is Cc1ccc(CNc2nc(C)nc3cc(C)nn23)cn1. The lowest BCUT2D eigenvalue weighted by atomic mass is 10.2. The zero-order valence-electron chi connectivity index (χ0n) is 11.8.